The van der Waals surface area contributed by atoms with Gasteiger partial charge in [-0.15, -0.1) is 10.2 Å². The van der Waals surface area contributed by atoms with Crippen LogP contribution in [0.5, 0.6) is 17.2 Å². The molecule has 0 saturated carbocycles. The summed E-state index contributed by atoms with van der Waals surface area (Å²) in [4.78, 5) is 12.6. The van der Waals surface area contributed by atoms with E-state index in [0.29, 0.717) is 43.8 Å². The van der Waals surface area contributed by atoms with Gasteiger partial charge in [0.05, 0.1) is 38.9 Å². The minimum Gasteiger partial charge on any atom is -0.496 e. The van der Waals surface area contributed by atoms with Crippen LogP contribution in [0.25, 0.3) is 17.1 Å². The second-order valence-corrected chi connectivity index (χ2v) is 9.47. The summed E-state index contributed by atoms with van der Waals surface area (Å²) >= 11 is 13.4. The number of thioether (sulfide) groups is 1. The Hall–Kier alpha value is -3.73. The van der Waals surface area contributed by atoms with E-state index in [2.05, 4.69) is 20.7 Å². The van der Waals surface area contributed by atoms with Crippen molar-refractivity contribution < 1.29 is 19.0 Å². The highest BCUT2D eigenvalue weighted by Crippen LogP contribution is 2.33. The molecule has 1 heterocycles. The highest BCUT2D eigenvalue weighted by atomic mass is 35.5. The fraction of sp³-hybridized carbons (Fsp3) is 0.154. The highest BCUT2D eigenvalue weighted by Gasteiger charge is 2.18. The van der Waals surface area contributed by atoms with Gasteiger partial charge < -0.3 is 14.2 Å². The number of carbonyl (C=O) groups excluding carboxylic acids is 1. The number of benzene rings is 3. The summed E-state index contributed by atoms with van der Waals surface area (Å²) < 4.78 is 17.9. The van der Waals surface area contributed by atoms with E-state index >= 15 is 0 Å². The van der Waals surface area contributed by atoms with Crippen molar-refractivity contribution >= 4 is 47.1 Å². The average Bonchev–Trinajstić information content (AvgIpc) is 3.36. The predicted octanol–water partition coefficient (Wildman–Crippen LogP) is 5.51. The molecule has 0 aliphatic heterocycles. The molecule has 196 valence electrons. The van der Waals surface area contributed by atoms with E-state index in [1.165, 1.54) is 32.2 Å². The van der Waals surface area contributed by atoms with E-state index in [0.717, 1.165) is 11.3 Å². The molecule has 0 atom stereocenters. The molecule has 4 aromatic rings. The first-order valence-corrected chi connectivity index (χ1v) is 12.9. The number of carbonyl (C=O) groups is 1. The maximum atomic E-state index is 12.6. The quantitative estimate of drug-likeness (QED) is 0.152. The molecule has 1 aromatic heterocycles. The topological polar surface area (TPSA) is 99.9 Å². The van der Waals surface area contributed by atoms with E-state index in [1.54, 1.807) is 43.5 Å². The summed E-state index contributed by atoms with van der Waals surface area (Å²) in [7, 11) is 4.60. The molecule has 0 fully saturated rings. The van der Waals surface area contributed by atoms with Crippen LogP contribution in [0.15, 0.2) is 70.9 Å². The number of halogens is 2. The number of amides is 1. The lowest BCUT2D eigenvalue weighted by Crippen LogP contribution is -2.20. The minimum atomic E-state index is -0.337. The summed E-state index contributed by atoms with van der Waals surface area (Å²) in [5.41, 5.74) is 4.69. The lowest BCUT2D eigenvalue weighted by molar-refractivity contribution is -0.118. The highest BCUT2D eigenvalue weighted by molar-refractivity contribution is 7.99. The molecule has 0 radical (unpaired) electrons. The Balaban J connectivity index is 1.51. The molecule has 3 aromatic carbocycles. The molecule has 0 bridgehead atoms. The average molecular weight is 572 g/mol. The van der Waals surface area contributed by atoms with Crippen LogP contribution in [-0.2, 0) is 4.79 Å². The number of nitrogens with one attached hydrogen (secondary N) is 1. The van der Waals surface area contributed by atoms with Crippen LogP contribution in [0.1, 0.15) is 5.56 Å². The Morgan fingerprint density at radius 1 is 0.947 bits per heavy atom. The standard InChI is InChI=1S/C26H23Cl2N5O4S/c1-35-20-12-22(36-2)21(23(13-20)37-3)14-29-30-24(34)15-38-26-32-31-25(16-4-6-17(27)7-5-16)33(26)19-10-8-18(28)9-11-19/h4-14H,15H2,1-3H3,(H,30,34). The van der Waals surface area contributed by atoms with Crippen molar-refractivity contribution in [2.24, 2.45) is 5.10 Å². The summed E-state index contributed by atoms with van der Waals surface area (Å²) in [6, 6.07) is 17.9. The summed E-state index contributed by atoms with van der Waals surface area (Å²) in [5.74, 6) is 1.85. The summed E-state index contributed by atoms with van der Waals surface area (Å²) in [6.07, 6.45) is 1.45. The maximum Gasteiger partial charge on any atom is 0.250 e. The number of aromatic nitrogens is 3. The Morgan fingerprint density at radius 3 is 2.13 bits per heavy atom. The van der Waals surface area contributed by atoms with Gasteiger partial charge in [0, 0.05) is 33.4 Å². The third-order valence-corrected chi connectivity index (χ3v) is 6.72. The van der Waals surface area contributed by atoms with Gasteiger partial charge in [0.1, 0.15) is 17.2 Å². The zero-order chi connectivity index (χ0) is 27.1. The maximum absolute atomic E-state index is 12.6. The number of rotatable bonds is 10. The number of hydrogen-bond acceptors (Lipinski definition) is 8. The smallest absolute Gasteiger partial charge is 0.250 e. The van der Waals surface area contributed by atoms with E-state index in [-0.39, 0.29) is 11.7 Å². The third-order valence-electron chi connectivity index (χ3n) is 5.29. The summed E-state index contributed by atoms with van der Waals surface area (Å²) in [5, 5.41) is 14.5. The molecule has 4 rings (SSSR count). The third kappa shape index (κ3) is 6.39. The van der Waals surface area contributed by atoms with Crippen molar-refractivity contribution in [1.82, 2.24) is 20.2 Å². The molecular formula is C26H23Cl2N5O4S. The first-order valence-electron chi connectivity index (χ1n) is 11.2. The van der Waals surface area contributed by atoms with Crippen LogP contribution in [-0.4, -0.2) is 54.0 Å². The number of hydrazone groups is 1. The first kappa shape index (κ1) is 27.3. The molecule has 12 heteroatoms. The molecular weight excluding hydrogens is 549 g/mol. The Bertz CT molecular complexity index is 1420. The molecule has 0 unspecified atom stereocenters. The van der Waals surface area contributed by atoms with Gasteiger partial charge in [0.25, 0.3) is 5.91 Å². The fourth-order valence-electron chi connectivity index (χ4n) is 3.46. The van der Waals surface area contributed by atoms with Crippen LogP contribution in [0, 0.1) is 0 Å². The zero-order valence-corrected chi connectivity index (χ0v) is 23.0. The molecule has 9 nitrogen and oxygen atoms in total. The van der Waals surface area contributed by atoms with Gasteiger partial charge in [0.15, 0.2) is 11.0 Å². The monoisotopic (exact) mass is 571 g/mol. The van der Waals surface area contributed by atoms with Gasteiger partial charge in [-0.25, -0.2) is 5.43 Å². The van der Waals surface area contributed by atoms with Gasteiger partial charge in [-0.05, 0) is 48.5 Å². The largest absolute Gasteiger partial charge is 0.496 e. The van der Waals surface area contributed by atoms with Gasteiger partial charge in [-0.1, -0.05) is 35.0 Å². The minimum absolute atomic E-state index is 0.0422. The van der Waals surface area contributed by atoms with Gasteiger partial charge in [0.2, 0.25) is 0 Å². The van der Waals surface area contributed by atoms with Crippen molar-refractivity contribution in [3.05, 3.63) is 76.3 Å². The Kier molecular flexibility index (Phi) is 9.11. The molecule has 0 spiro atoms. The number of nitrogens with zero attached hydrogens (tertiary/aromatic N) is 4. The molecule has 0 aliphatic carbocycles. The van der Waals surface area contributed by atoms with E-state index < -0.39 is 0 Å². The van der Waals surface area contributed by atoms with Crippen LogP contribution >= 0.6 is 35.0 Å². The van der Waals surface area contributed by atoms with Crippen molar-refractivity contribution in [2.45, 2.75) is 5.16 Å². The van der Waals surface area contributed by atoms with E-state index in [4.69, 9.17) is 37.4 Å². The molecule has 1 N–H and O–H groups in total. The van der Waals surface area contributed by atoms with Crippen molar-refractivity contribution in [2.75, 3.05) is 27.1 Å². The van der Waals surface area contributed by atoms with Gasteiger partial charge in [-0.2, -0.15) is 5.10 Å². The number of ether oxygens (including phenoxy) is 3. The lowest BCUT2D eigenvalue weighted by Gasteiger charge is -2.12. The lowest BCUT2D eigenvalue weighted by atomic mass is 10.2. The Morgan fingerprint density at radius 2 is 1.55 bits per heavy atom. The second-order valence-electron chi connectivity index (χ2n) is 7.65. The molecule has 0 aliphatic rings. The SMILES string of the molecule is COc1cc(OC)c(C=NNC(=O)CSc2nnc(-c3ccc(Cl)cc3)n2-c2ccc(Cl)cc2)c(OC)c1. The van der Waals surface area contributed by atoms with Crippen LogP contribution < -0.4 is 19.6 Å². The van der Waals surface area contributed by atoms with Crippen molar-refractivity contribution in [3.8, 4) is 34.3 Å². The number of methoxy groups -OCH3 is 3. The van der Waals surface area contributed by atoms with E-state index in [1.807, 2.05) is 28.8 Å². The first-order chi connectivity index (χ1) is 18.4. The second kappa shape index (κ2) is 12.7. The van der Waals surface area contributed by atoms with Crippen LogP contribution in [0.4, 0.5) is 0 Å². The van der Waals surface area contributed by atoms with Crippen LogP contribution in [0.3, 0.4) is 0 Å². The van der Waals surface area contributed by atoms with Gasteiger partial charge in [-0.3, -0.25) is 9.36 Å². The normalized spacial score (nSPS) is 11.0. The van der Waals surface area contributed by atoms with Gasteiger partial charge >= 0.3 is 0 Å². The Labute approximate surface area is 233 Å². The predicted molar refractivity (Wildman–Crippen MR) is 149 cm³/mol. The summed E-state index contributed by atoms with van der Waals surface area (Å²) in [6.45, 7) is 0. The van der Waals surface area contributed by atoms with Crippen molar-refractivity contribution in [1.29, 1.82) is 0 Å². The number of hydrogen-bond donors (Lipinski definition) is 1. The molecule has 0 saturated heterocycles. The van der Waals surface area contributed by atoms with Crippen LogP contribution in [0.2, 0.25) is 10.0 Å². The van der Waals surface area contributed by atoms with E-state index in [9.17, 15) is 4.79 Å². The van der Waals surface area contributed by atoms with Crippen molar-refractivity contribution in [3.63, 3.8) is 0 Å². The molecule has 38 heavy (non-hydrogen) atoms. The molecule has 1 amide bonds. The zero-order valence-electron chi connectivity index (χ0n) is 20.6. The fourth-order valence-corrected chi connectivity index (χ4v) is 4.46.